The first-order chi connectivity index (χ1) is 20.8. The minimum absolute atomic E-state index is 0.0914. The number of alkyl halides is 7. The Labute approximate surface area is 267 Å². The average Bonchev–Trinajstić information content (AvgIpc) is 3.54. The monoisotopic (exact) mass is 719 g/mol. The summed E-state index contributed by atoms with van der Waals surface area (Å²) in [5, 5.41) is 1.63. The lowest BCUT2D eigenvalue weighted by atomic mass is 10.0. The molecule has 0 aliphatic heterocycles. The molecule has 0 aromatic heterocycles. The summed E-state index contributed by atoms with van der Waals surface area (Å²) in [6.07, 6.45) is -4.13. The van der Waals surface area contributed by atoms with Gasteiger partial charge in [0.25, 0.3) is 5.91 Å². The van der Waals surface area contributed by atoms with Gasteiger partial charge in [-0.3, -0.25) is 14.4 Å². The maximum atomic E-state index is 15.0. The number of hydrogen-bond acceptors (Lipinski definition) is 4. The highest BCUT2D eigenvalue weighted by Gasteiger charge is 2.67. The van der Waals surface area contributed by atoms with Crippen LogP contribution in [0.4, 0.5) is 52.2 Å². The van der Waals surface area contributed by atoms with Gasteiger partial charge in [-0.2, -0.15) is 22.0 Å². The Kier molecular flexibility index (Phi) is 9.61. The first-order valence-corrected chi connectivity index (χ1v) is 14.5. The third-order valence-corrected chi connectivity index (χ3v) is 8.54. The van der Waals surface area contributed by atoms with Crippen molar-refractivity contribution in [3.05, 3.63) is 87.7 Å². The fourth-order valence-corrected chi connectivity index (χ4v) is 5.52. The molecule has 3 N–H and O–H groups in total. The molecule has 1 aliphatic rings. The summed E-state index contributed by atoms with van der Waals surface area (Å²) in [6.45, 7) is 0. The zero-order chi connectivity index (χ0) is 33.6. The predicted octanol–water partition coefficient (Wildman–Crippen LogP) is 8.45. The van der Waals surface area contributed by atoms with E-state index in [4.69, 9.17) is 34.8 Å². The third-order valence-electron chi connectivity index (χ3n) is 6.57. The number of benzene rings is 3. The Morgan fingerprint density at radius 1 is 0.867 bits per heavy atom. The van der Waals surface area contributed by atoms with E-state index in [9.17, 15) is 49.5 Å². The molecule has 0 radical (unpaired) electrons. The molecule has 240 valence electrons. The molecule has 0 bridgehead atoms. The van der Waals surface area contributed by atoms with Gasteiger partial charge < -0.3 is 16.0 Å². The summed E-state index contributed by atoms with van der Waals surface area (Å²) in [5.74, 6) is -11.0. The maximum absolute atomic E-state index is 15.0. The molecule has 3 aromatic carbocycles. The topological polar surface area (TPSA) is 87.3 Å². The van der Waals surface area contributed by atoms with Crippen LogP contribution < -0.4 is 16.0 Å². The summed E-state index contributed by atoms with van der Waals surface area (Å²) in [6, 6.07) is 6.83. The lowest BCUT2D eigenvalue weighted by Gasteiger charge is -2.16. The first-order valence-electron chi connectivity index (χ1n) is 12.2. The summed E-state index contributed by atoms with van der Waals surface area (Å²) >= 11 is 18.3. The van der Waals surface area contributed by atoms with Crippen molar-refractivity contribution in [2.45, 2.75) is 21.7 Å². The van der Waals surface area contributed by atoms with Crippen molar-refractivity contribution < 1.29 is 49.5 Å². The lowest BCUT2D eigenvalue weighted by Crippen LogP contribution is -2.32. The molecule has 0 heterocycles. The molecule has 4 rings (SSSR count). The van der Waals surface area contributed by atoms with Gasteiger partial charge in [-0.1, -0.05) is 29.4 Å². The molecule has 3 aromatic rings. The van der Waals surface area contributed by atoms with Crippen molar-refractivity contribution in [1.82, 2.24) is 0 Å². The van der Waals surface area contributed by atoms with Crippen LogP contribution in [0.25, 0.3) is 0 Å². The highest BCUT2D eigenvalue weighted by molar-refractivity contribution is 8.00. The molecule has 1 saturated carbocycles. The molecular formula is C27H16Cl3F8N3O3S. The van der Waals surface area contributed by atoms with E-state index in [1.807, 2.05) is 0 Å². The van der Waals surface area contributed by atoms with Gasteiger partial charge in [-0.25, -0.2) is 13.2 Å². The second-order valence-corrected chi connectivity index (χ2v) is 12.2. The molecule has 1 fully saturated rings. The number of hydrogen-bond donors (Lipinski definition) is 3. The fourth-order valence-electron chi connectivity index (χ4n) is 4.25. The van der Waals surface area contributed by atoms with Crippen molar-refractivity contribution in [1.29, 1.82) is 0 Å². The number of nitrogens with one attached hydrogen (secondary N) is 3. The van der Waals surface area contributed by atoms with E-state index in [2.05, 4.69) is 10.6 Å². The first kappa shape index (κ1) is 34.6. The van der Waals surface area contributed by atoms with Crippen LogP contribution in [0.2, 0.25) is 5.02 Å². The molecule has 45 heavy (non-hydrogen) atoms. The maximum Gasteiger partial charge on any atom is 0.419 e. The zero-order valence-electron chi connectivity index (χ0n) is 22.1. The van der Waals surface area contributed by atoms with Crippen LogP contribution in [0.5, 0.6) is 0 Å². The Hall–Kier alpha value is -3.27. The van der Waals surface area contributed by atoms with Crippen molar-refractivity contribution in [2.24, 2.45) is 5.92 Å². The number of amides is 3. The average molecular weight is 721 g/mol. The molecule has 0 spiro atoms. The Bertz CT molecular complexity index is 1710. The molecule has 18 heteroatoms. The lowest BCUT2D eigenvalue weighted by molar-refractivity contribution is -0.140. The minimum Gasteiger partial charge on any atom is -0.326 e. The van der Waals surface area contributed by atoms with Gasteiger partial charge >= 0.3 is 17.3 Å². The number of rotatable bonds is 8. The highest BCUT2D eigenvalue weighted by atomic mass is 35.5. The number of carbonyl (C=O) groups excluding carboxylic acids is 3. The van der Waals surface area contributed by atoms with Crippen molar-refractivity contribution in [2.75, 3.05) is 22.2 Å². The molecule has 2 atom stereocenters. The normalized spacial score (nSPS) is 17.4. The van der Waals surface area contributed by atoms with E-state index in [-0.39, 0.29) is 33.6 Å². The van der Waals surface area contributed by atoms with Gasteiger partial charge in [0, 0.05) is 11.6 Å². The Balaban J connectivity index is 1.53. The predicted molar refractivity (Wildman–Crippen MR) is 154 cm³/mol. The second kappa shape index (κ2) is 12.5. The van der Waals surface area contributed by atoms with Gasteiger partial charge in [0.1, 0.15) is 21.7 Å². The van der Waals surface area contributed by atoms with Crippen molar-refractivity contribution >= 4 is 81.3 Å². The quantitative estimate of drug-likeness (QED) is 0.161. The number of carbonyl (C=O) groups is 3. The van der Waals surface area contributed by atoms with Gasteiger partial charge in [-0.05, 0) is 54.3 Å². The van der Waals surface area contributed by atoms with Crippen LogP contribution in [-0.2, 0) is 15.8 Å². The van der Waals surface area contributed by atoms with Crippen molar-refractivity contribution in [3.63, 3.8) is 0 Å². The van der Waals surface area contributed by atoms with Crippen LogP contribution in [-0.4, -0.2) is 33.6 Å². The largest absolute Gasteiger partial charge is 0.419 e. The van der Waals surface area contributed by atoms with Crippen LogP contribution in [0.3, 0.4) is 0 Å². The third kappa shape index (κ3) is 7.11. The van der Waals surface area contributed by atoms with Gasteiger partial charge in [0.15, 0.2) is 5.82 Å². The highest BCUT2D eigenvalue weighted by Crippen LogP contribution is 2.65. The van der Waals surface area contributed by atoms with E-state index < -0.39 is 79.7 Å². The minimum atomic E-state index is -5.02. The SMILES string of the molecule is CSC(F)(F)C(=O)Nc1c(F)ccc(NC(=O)c2cc(NC(=O)C3[C@H](c4ccc(F)c(C(F)(F)F)c4)C3(Cl)Cl)ccc2Cl)c1F. The fraction of sp³-hybridized carbons (Fsp3) is 0.222. The molecule has 1 aliphatic carbocycles. The van der Waals surface area contributed by atoms with Crippen LogP contribution >= 0.6 is 46.6 Å². The number of thioether (sulfide) groups is 1. The van der Waals surface area contributed by atoms with Gasteiger partial charge in [-0.15, -0.1) is 23.2 Å². The standard InChI is InChI=1S/C27H16Cl3F8N3O3S/c1-45-27(37,38)24(44)41-21-16(32)6-7-17(20(21)33)40-22(42)12-9-11(3-4-14(12)28)39-23(43)19-18(25(19,29)30)10-2-5-15(31)13(8-10)26(34,35)36/h2-9,18-19H,1H3,(H,39,43)(H,40,42)(H,41,44)/t18-,19?/m0/s1. The Morgan fingerprint density at radius 3 is 2.13 bits per heavy atom. The summed E-state index contributed by atoms with van der Waals surface area (Å²) in [4.78, 5) is 37.6. The van der Waals surface area contributed by atoms with E-state index in [1.54, 1.807) is 0 Å². The van der Waals surface area contributed by atoms with Crippen LogP contribution in [0.1, 0.15) is 27.4 Å². The molecular weight excluding hydrogens is 705 g/mol. The van der Waals surface area contributed by atoms with Crippen LogP contribution in [0.15, 0.2) is 48.5 Å². The molecule has 1 unspecified atom stereocenters. The van der Waals surface area contributed by atoms with Gasteiger partial charge in [0.05, 0.1) is 27.8 Å². The van der Waals surface area contributed by atoms with E-state index >= 15 is 0 Å². The zero-order valence-corrected chi connectivity index (χ0v) is 25.1. The molecule has 6 nitrogen and oxygen atoms in total. The summed E-state index contributed by atoms with van der Waals surface area (Å²) < 4.78 is 108. The van der Waals surface area contributed by atoms with E-state index in [0.29, 0.717) is 18.2 Å². The van der Waals surface area contributed by atoms with Crippen molar-refractivity contribution in [3.8, 4) is 0 Å². The smallest absolute Gasteiger partial charge is 0.326 e. The van der Waals surface area contributed by atoms with Gasteiger partial charge in [0.2, 0.25) is 5.91 Å². The molecule has 0 saturated heterocycles. The van der Waals surface area contributed by atoms with E-state index in [1.165, 1.54) is 11.4 Å². The summed E-state index contributed by atoms with van der Waals surface area (Å²) in [7, 11) is 0. The van der Waals surface area contributed by atoms with E-state index in [0.717, 1.165) is 30.5 Å². The number of halogens is 11. The Morgan fingerprint density at radius 2 is 1.51 bits per heavy atom. The number of anilines is 3. The summed E-state index contributed by atoms with van der Waals surface area (Å²) in [5.41, 5.74) is -4.19. The second-order valence-electron chi connectivity index (χ2n) is 9.46. The van der Waals surface area contributed by atoms with Crippen LogP contribution in [0, 0.1) is 23.4 Å². The molecule has 3 amide bonds.